The molecule has 1 amide bonds. The van der Waals surface area contributed by atoms with Crippen LogP contribution in [-0.4, -0.2) is 40.1 Å². The van der Waals surface area contributed by atoms with Crippen molar-refractivity contribution in [2.75, 3.05) is 30.4 Å². The van der Waals surface area contributed by atoms with E-state index in [1.54, 1.807) is 11.0 Å². The third-order valence-electron chi connectivity index (χ3n) is 3.03. The molecule has 1 aromatic rings. The summed E-state index contributed by atoms with van der Waals surface area (Å²) in [4.78, 5) is 13.0. The maximum Gasteiger partial charge on any atom is 0.242 e. The molecule has 0 saturated carbocycles. The highest BCUT2D eigenvalue weighted by Crippen LogP contribution is 2.26. The molecular weight excluding hydrogens is 284 g/mol. The van der Waals surface area contributed by atoms with Gasteiger partial charge in [0.1, 0.15) is 6.04 Å². The summed E-state index contributed by atoms with van der Waals surface area (Å²) in [5.74, 6) is -0.552. The van der Waals surface area contributed by atoms with Crippen molar-refractivity contribution in [2.45, 2.75) is 10.9 Å². The van der Waals surface area contributed by atoms with Crippen molar-refractivity contribution < 1.29 is 17.9 Å². The molecule has 1 atom stereocenters. The number of nitrogens with two attached hydrogens (primary N) is 3. The first-order valence-electron chi connectivity index (χ1n) is 5.86. The van der Waals surface area contributed by atoms with E-state index in [2.05, 4.69) is 0 Å². The van der Waals surface area contributed by atoms with Crippen molar-refractivity contribution in [1.82, 2.24) is 0 Å². The first-order chi connectivity index (χ1) is 9.29. The molecule has 1 saturated heterocycles. The summed E-state index contributed by atoms with van der Waals surface area (Å²) in [7, 11) is -3.88. The molecule has 0 bridgehead atoms. The molecule has 1 heterocycles. The number of anilines is 2. The van der Waals surface area contributed by atoms with Crippen molar-refractivity contribution in [1.29, 1.82) is 0 Å². The van der Waals surface area contributed by atoms with Gasteiger partial charge in [0.05, 0.1) is 18.1 Å². The number of nitrogen functional groups attached to an aromatic ring is 1. The second-order valence-electron chi connectivity index (χ2n) is 4.49. The number of hydrogen-bond donors (Lipinski definition) is 3. The van der Waals surface area contributed by atoms with Crippen molar-refractivity contribution >= 4 is 27.3 Å². The van der Waals surface area contributed by atoms with Crippen molar-refractivity contribution in [3.63, 3.8) is 0 Å². The van der Waals surface area contributed by atoms with E-state index in [0.29, 0.717) is 18.8 Å². The Morgan fingerprint density at radius 2 is 2.05 bits per heavy atom. The zero-order valence-electron chi connectivity index (χ0n) is 10.7. The predicted molar refractivity (Wildman–Crippen MR) is 73.4 cm³/mol. The zero-order valence-corrected chi connectivity index (χ0v) is 11.5. The van der Waals surface area contributed by atoms with Gasteiger partial charge >= 0.3 is 0 Å². The van der Waals surface area contributed by atoms with Gasteiger partial charge < -0.3 is 21.1 Å². The van der Waals surface area contributed by atoms with Gasteiger partial charge in [0.25, 0.3) is 0 Å². The number of sulfonamides is 1. The molecule has 20 heavy (non-hydrogen) atoms. The van der Waals surface area contributed by atoms with Gasteiger partial charge in [-0.1, -0.05) is 0 Å². The fourth-order valence-corrected chi connectivity index (χ4v) is 2.67. The van der Waals surface area contributed by atoms with Crippen LogP contribution in [0.4, 0.5) is 11.4 Å². The molecule has 2 rings (SSSR count). The van der Waals surface area contributed by atoms with E-state index >= 15 is 0 Å². The Hall–Kier alpha value is -1.84. The number of hydrogen-bond acceptors (Lipinski definition) is 6. The highest BCUT2D eigenvalue weighted by atomic mass is 32.2. The Bertz CT molecular complexity index is 631. The minimum Gasteiger partial charge on any atom is -0.399 e. The minimum atomic E-state index is -3.88. The van der Waals surface area contributed by atoms with Gasteiger partial charge in [0.2, 0.25) is 15.9 Å². The summed E-state index contributed by atoms with van der Waals surface area (Å²) < 4.78 is 28.1. The predicted octanol–water partition coefficient (Wildman–Crippen LogP) is -1.39. The zero-order chi connectivity index (χ0) is 14.9. The quantitative estimate of drug-likeness (QED) is 0.586. The Morgan fingerprint density at radius 3 is 2.65 bits per heavy atom. The topological polar surface area (TPSA) is 142 Å². The molecule has 6 N–H and O–H groups in total. The van der Waals surface area contributed by atoms with Gasteiger partial charge in [0, 0.05) is 17.9 Å². The Kier molecular flexibility index (Phi) is 3.84. The molecule has 1 aliphatic rings. The number of rotatable bonds is 3. The molecule has 9 heteroatoms. The van der Waals surface area contributed by atoms with Crippen molar-refractivity contribution in [3.8, 4) is 0 Å². The molecule has 8 nitrogen and oxygen atoms in total. The summed E-state index contributed by atoms with van der Waals surface area (Å²) >= 11 is 0. The van der Waals surface area contributed by atoms with E-state index < -0.39 is 22.0 Å². The van der Waals surface area contributed by atoms with Crippen LogP contribution in [0.25, 0.3) is 0 Å². The van der Waals surface area contributed by atoms with E-state index in [0.717, 1.165) is 0 Å². The summed E-state index contributed by atoms with van der Waals surface area (Å²) in [6.07, 6.45) is 0. The van der Waals surface area contributed by atoms with Crippen LogP contribution in [0.15, 0.2) is 23.1 Å². The number of ether oxygens (including phenoxy) is 1. The maximum absolute atomic E-state index is 11.4. The normalized spacial score (nSPS) is 19.9. The molecule has 1 aromatic carbocycles. The number of primary sulfonamides is 1. The van der Waals surface area contributed by atoms with E-state index in [1.807, 2.05) is 0 Å². The van der Waals surface area contributed by atoms with Crippen molar-refractivity contribution in [3.05, 3.63) is 18.2 Å². The highest BCUT2D eigenvalue weighted by molar-refractivity contribution is 7.89. The summed E-state index contributed by atoms with van der Waals surface area (Å²) in [6.45, 7) is 0.958. The van der Waals surface area contributed by atoms with Crippen LogP contribution in [0.1, 0.15) is 0 Å². The van der Waals surface area contributed by atoms with Gasteiger partial charge in [0.15, 0.2) is 0 Å². The highest BCUT2D eigenvalue weighted by Gasteiger charge is 2.28. The molecule has 110 valence electrons. The van der Waals surface area contributed by atoms with Gasteiger partial charge in [-0.05, 0) is 18.2 Å². The number of amides is 1. The van der Waals surface area contributed by atoms with Crippen LogP contribution in [0, 0.1) is 0 Å². The van der Waals surface area contributed by atoms with Crippen LogP contribution in [0.2, 0.25) is 0 Å². The van der Waals surface area contributed by atoms with Gasteiger partial charge in [-0.3, -0.25) is 4.79 Å². The lowest BCUT2D eigenvalue weighted by Gasteiger charge is -2.35. The molecule has 0 spiro atoms. The van der Waals surface area contributed by atoms with Gasteiger partial charge in [-0.2, -0.15) is 0 Å². The van der Waals surface area contributed by atoms with E-state index in [1.165, 1.54) is 12.1 Å². The molecule has 1 unspecified atom stereocenters. The smallest absolute Gasteiger partial charge is 0.242 e. The monoisotopic (exact) mass is 300 g/mol. The molecule has 1 fully saturated rings. The molecule has 0 aliphatic carbocycles. The van der Waals surface area contributed by atoms with Crippen LogP contribution >= 0.6 is 0 Å². The third kappa shape index (κ3) is 3.00. The maximum atomic E-state index is 11.4. The van der Waals surface area contributed by atoms with Crippen LogP contribution in [0.5, 0.6) is 0 Å². The first-order valence-corrected chi connectivity index (χ1v) is 7.41. The SMILES string of the molecule is NC(=O)C1COCCN1c1cc(N)cc(S(N)(=O)=O)c1. The van der Waals surface area contributed by atoms with Crippen LogP contribution in [-0.2, 0) is 19.6 Å². The average molecular weight is 300 g/mol. The Morgan fingerprint density at radius 1 is 1.35 bits per heavy atom. The Labute approximate surface area is 116 Å². The van der Waals surface area contributed by atoms with E-state index in [9.17, 15) is 13.2 Å². The fraction of sp³-hybridized carbons (Fsp3) is 0.364. The lowest BCUT2D eigenvalue weighted by molar-refractivity contribution is -0.121. The van der Waals surface area contributed by atoms with E-state index in [-0.39, 0.29) is 17.2 Å². The number of carbonyl (C=O) groups excluding carboxylic acids is 1. The van der Waals surface area contributed by atoms with E-state index in [4.69, 9.17) is 21.3 Å². The first kappa shape index (κ1) is 14.6. The molecule has 1 aliphatic heterocycles. The molecule has 0 aromatic heterocycles. The lowest BCUT2D eigenvalue weighted by Crippen LogP contribution is -2.52. The molecular formula is C11H16N4O4S. The van der Waals surface area contributed by atoms with Crippen LogP contribution < -0.4 is 21.5 Å². The van der Waals surface area contributed by atoms with Gasteiger partial charge in [-0.15, -0.1) is 0 Å². The summed E-state index contributed by atoms with van der Waals surface area (Å²) in [6, 6.07) is 3.53. The standard InChI is InChI=1S/C11H16N4O4S/c12-7-3-8(5-9(4-7)20(14,17)18)15-1-2-19-6-10(15)11(13)16/h3-5,10H,1-2,6,12H2,(H2,13,16)(H2,14,17,18). The number of benzene rings is 1. The fourth-order valence-electron chi connectivity index (χ4n) is 2.08. The van der Waals surface area contributed by atoms with Crippen LogP contribution in [0.3, 0.4) is 0 Å². The lowest BCUT2D eigenvalue weighted by atomic mass is 10.1. The summed E-state index contributed by atoms with van der Waals surface area (Å²) in [5, 5.41) is 5.10. The number of carbonyl (C=O) groups is 1. The van der Waals surface area contributed by atoms with Crippen molar-refractivity contribution in [2.24, 2.45) is 10.9 Å². The Balaban J connectivity index is 2.45. The largest absolute Gasteiger partial charge is 0.399 e. The summed E-state index contributed by atoms with van der Waals surface area (Å²) in [5.41, 5.74) is 11.7. The average Bonchev–Trinajstić information content (AvgIpc) is 2.37. The number of primary amides is 1. The third-order valence-corrected chi connectivity index (χ3v) is 3.92. The minimum absolute atomic E-state index is 0.109. The second-order valence-corrected chi connectivity index (χ2v) is 6.05. The molecule has 0 radical (unpaired) electrons. The number of morpholine rings is 1. The second kappa shape index (κ2) is 5.27. The number of nitrogens with zero attached hydrogens (tertiary/aromatic N) is 1. The van der Waals surface area contributed by atoms with Gasteiger partial charge in [-0.25, -0.2) is 13.6 Å².